The molecule has 100 valence electrons. The number of aromatic nitrogens is 2. The summed E-state index contributed by atoms with van der Waals surface area (Å²) in [5.74, 6) is 1.66. The Hall–Kier alpha value is -2.02. The van der Waals surface area contributed by atoms with E-state index in [1.54, 1.807) is 12.1 Å². The molecule has 2 aromatic rings. The summed E-state index contributed by atoms with van der Waals surface area (Å²) in [6, 6.07) is 7.36. The number of nitrogens with zero attached hydrogens (tertiary/aromatic N) is 2. The van der Waals surface area contributed by atoms with Gasteiger partial charge in [0.25, 0.3) is 0 Å². The molecule has 1 heterocycles. The average molecular weight is 280 g/mol. The van der Waals surface area contributed by atoms with Crippen LogP contribution < -0.4 is 16.2 Å². The zero-order chi connectivity index (χ0) is 13.7. The third-order valence-electron chi connectivity index (χ3n) is 2.14. The number of anilines is 2. The molecule has 1 aromatic carbocycles. The molecule has 0 unspecified atom stereocenters. The van der Waals surface area contributed by atoms with Crippen LogP contribution in [0.15, 0.2) is 35.5 Å². The van der Waals surface area contributed by atoms with Crippen LogP contribution in [0.1, 0.15) is 0 Å². The van der Waals surface area contributed by atoms with Crippen molar-refractivity contribution in [2.24, 2.45) is 0 Å². The second-order valence-corrected chi connectivity index (χ2v) is 4.71. The van der Waals surface area contributed by atoms with Gasteiger partial charge < -0.3 is 16.2 Å². The van der Waals surface area contributed by atoms with E-state index in [0.29, 0.717) is 34.9 Å². The number of nitrogens with two attached hydrogens (primary N) is 2. The van der Waals surface area contributed by atoms with Gasteiger partial charge in [-0.3, -0.25) is 0 Å². The molecule has 1 aromatic heterocycles. The molecular formula is C12H13FN4OS. The highest BCUT2D eigenvalue weighted by Crippen LogP contribution is 2.17. The smallest absolute Gasteiger partial charge is 0.191 e. The Morgan fingerprint density at radius 2 is 1.74 bits per heavy atom. The van der Waals surface area contributed by atoms with Gasteiger partial charge in [0.2, 0.25) is 0 Å². The summed E-state index contributed by atoms with van der Waals surface area (Å²) in [5.41, 5.74) is 11.1. The Kier molecular flexibility index (Phi) is 4.40. The van der Waals surface area contributed by atoms with Crippen LogP contribution in [0.5, 0.6) is 5.75 Å². The molecule has 0 aliphatic carbocycles. The van der Waals surface area contributed by atoms with Crippen LogP contribution in [0.2, 0.25) is 0 Å². The predicted molar refractivity (Wildman–Crippen MR) is 73.5 cm³/mol. The Balaban J connectivity index is 1.79. The van der Waals surface area contributed by atoms with Gasteiger partial charge in [0.1, 0.15) is 23.2 Å². The summed E-state index contributed by atoms with van der Waals surface area (Å²) in [6.45, 7) is 0.453. The van der Waals surface area contributed by atoms with Gasteiger partial charge >= 0.3 is 0 Å². The fourth-order valence-electron chi connectivity index (χ4n) is 1.35. The second kappa shape index (κ2) is 6.24. The molecule has 0 aliphatic heterocycles. The molecular weight excluding hydrogens is 267 g/mol. The van der Waals surface area contributed by atoms with Crippen LogP contribution in [0, 0.1) is 5.82 Å². The van der Waals surface area contributed by atoms with E-state index >= 15 is 0 Å². The third kappa shape index (κ3) is 4.29. The number of hydrogen-bond donors (Lipinski definition) is 2. The van der Waals surface area contributed by atoms with Crippen LogP contribution in [-0.2, 0) is 0 Å². The molecule has 2 rings (SSSR count). The van der Waals surface area contributed by atoms with E-state index in [0.717, 1.165) is 0 Å². The molecule has 0 fully saturated rings. The number of rotatable bonds is 5. The zero-order valence-corrected chi connectivity index (χ0v) is 10.9. The average Bonchev–Trinajstić information content (AvgIpc) is 2.36. The summed E-state index contributed by atoms with van der Waals surface area (Å²) in [5, 5.41) is 0.514. The summed E-state index contributed by atoms with van der Waals surface area (Å²) < 4.78 is 18.1. The van der Waals surface area contributed by atoms with Gasteiger partial charge in [0, 0.05) is 11.8 Å². The van der Waals surface area contributed by atoms with Crippen molar-refractivity contribution in [3.8, 4) is 5.75 Å². The largest absolute Gasteiger partial charge is 0.493 e. The molecule has 19 heavy (non-hydrogen) atoms. The molecule has 0 aliphatic rings. The van der Waals surface area contributed by atoms with E-state index in [4.69, 9.17) is 16.2 Å². The number of benzene rings is 1. The monoisotopic (exact) mass is 280 g/mol. The molecule has 0 amide bonds. The molecule has 0 radical (unpaired) electrons. The van der Waals surface area contributed by atoms with E-state index in [1.807, 2.05) is 0 Å². The van der Waals surface area contributed by atoms with E-state index < -0.39 is 0 Å². The van der Waals surface area contributed by atoms with Gasteiger partial charge in [-0.25, -0.2) is 14.4 Å². The molecule has 7 heteroatoms. The van der Waals surface area contributed by atoms with Gasteiger partial charge in [0.05, 0.1) is 6.61 Å². The van der Waals surface area contributed by atoms with Crippen LogP contribution in [0.3, 0.4) is 0 Å². The first-order valence-corrected chi connectivity index (χ1v) is 6.53. The fraction of sp³-hybridized carbons (Fsp3) is 0.167. The normalized spacial score (nSPS) is 10.4. The highest BCUT2D eigenvalue weighted by atomic mass is 32.2. The molecule has 0 bridgehead atoms. The maximum atomic E-state index is 12.7. The van der Waals surface area contributed by atoms with Crippen molar-refractivity contribution >= 4 is 23.4 Å². The SMILES string of the molecule is Nc1cc(N)nc(SCCOc2ccc(F)cc2)n1. The lowest BCUT2D eigenvalue weighted by molar-refractivity contribution is 0.343. The van der Waals surface area contributed by atoms with E-state index in [-0.39, 0.29) is 5.82 Å². The molecule has 0 atom stereocenters. The molecule has 0 saturated carbocycles. The first-order valence-electron chi connectivity index (χ1n) is 5.55. The highest BCUT2D eigenvalue weighted by molar-refractivity contribution is 7.99. The van der Waals surface area contributed by atoms with Gasteiger partial charge in [0.15, 0.2) is 5.16 Å². The highest BCUT2D eigenvalue weighted by Gasteiger charge is 2.02. The third-order valence-corrected chi connectivity index (χ3v) is 2.95. The molecule has 4 N–H and O–H groups in total. The number of halogens is 1. The summed E-state index contributed by atoms with van der Waals surface area (Å²) in [7, 11) is 0. The van der Waals surface area contributed by atoms with Crippen molar-refractivity contribution in [1.82, 2.24) is 9.97 Å². The Morgan fingerprint density at radius 1 is 1.11 bits per heavy atom. The van der Waals surface area contributed by atoms with Crippen molar-refractivity contribution in [3.63, 3.8) is 0 Å². The summed E-state index contributed by atoms with van der Waals surface area (Å²) in [6.07, 6.45) is 0. The van der Waals surface area contributed by atoms with E-state index in [9.17, 15) is 4.39 Å². The minimum Gasteiger partial charge on any atom is -0.493 e. The van der Waals surface area contributed by atoms with Gasteiger partial charge in [-0.05, 0) is 24.3 Å². The van der Waals surface area contributed by atoms with Crippen molar-refractivity contribution in [2.45, 2.75) is 5.16 Å². The maximum absolute atomic E-state index is 12.7. The number of ether oxygens (including phenoxy) is 1. The first-order chi connectivity index (χ1) is 9.13. The fourth-order valence-corrected chi connectivity index (χ4v) is 2.04. The second-order valence-electron chi connectivity index (χ2n) is 3.65. The van der Waals surface area contributed by atoms with Crippen LogP contribution in [0.4, 0.5) is 16.0 Å². The molecule has 5 nitrogen and oxygen atoms in total. The Morgan fingerprint density at radius 3 is 2.37 bits per heavy atom. The quantitative estimate of drug-likeness (QED) is 0.494. The lowest BCUT2D eigenvalue weighted by Crippen LogP contribution is -2.03. The van der Waals surface area contributed by atoms with Gasteiger partial charge in [-0.15, -0.1) is 0 Å². The number of hydrogen-bond acceptors (Lipinski definition) is 6. The first kappa shape index (κ1) is 13.4. The van der Waals surface area contributed by atoms with Gasteiger partial charge in [-0.2, -0.15) is 0 Å². The molecule has 0 spiro atoms. The van der Waals surface area contributed by atoms with Crippen molar-refractivity contribution < 1.29 is 9.13 Å². The number of nitrogen functional groups attached to an aromatic ring is 2. The Labute approximate surface area is 114 Å². The Bertz CT molecular complexity index is 530. The number of thioether (sulfide) groups is 1. The van der Waals surface area contributed by atoms with Crippen LogP contribution >= 0.6 is 11.8 Å². The lowest BCUT2D eigenvalue weighted by Gasteiger charge is -2.05. The maximum Gasteiger partial charge on any atom is 0.191 e. The van der Waals surface area contributed by atoms with Crippen LogP contribution in [0.25, 0.3) is 0 Å². The summed E-state index contributed by atoms with van der Waals surface area (Å²) in [4.78, 5) is 8.07. The van der Waals surface area contributed by atoms with Crippen LogP contribution in [-0.4, -0.2) is 22.3 Å². The minimum atomic E-state index is -0.287. The van der Waals surface area contributed by atoms with E-state index in [2.05, 4.69) is 9.97 Å². The van der Waals surface area contributed by atoms with Crippen molar-refractivity contribution in [3.05, 3.63) is 36.1 Å². The predicted octanol–water partition coefficient (Wildman–Crippen LogP) is 1.95. The molecule has 0 saturated heterocycles. The van der Waals surface area contributed by atoms with Crippen molar-refractivity contribution in [1.29, 1.82) is 0 Å². The summed E-state index contributed by atoms with van der Waals surface area (Å²) >= 11 is 1.39. The van der Waals surface area contributed by atoms with E-state index in [1.165, 1.54) is 30.0 Å². The van der Waals surface area contributed by atoms with Crippen molar-refractivity contribution in [2.75, 3.05) is 23.8 Å². The standard InChI is InChI=1S/C12H13FN4OS/c13-8-1-3-9(4-2-8)18-5-6-19-12-16-10(14)7-11(15)17-12/h1-4,7H,5-6H2,(H4,14,15,16,17). The topological polar surface area (TPSA) is 87.1 Å². The zero-order valence-electron chi connectivity index (χ0n) is 10.0. The minimum absolute atomic E-state index is 0.287. The lowest BCUT2D eigenvalue weighted by atomic mass is 10.3. The van der Waals surface area contributed by atoms with Gasteiger partial charge in [-0.1, -0.05) is 11.8 Å².